The van der Waals surface area contributed by atoms with Gasteiger partial charge in [0.25, 0.3) is 0 Å². The molecule has 2 aliphatic carbocycles. The lowest BCUT2D eigenvalue weighted by Crippen LogP contribution is -2.25. The minimum Gasteiger partial charge on any atom is -0.486 e. The third-order valence-corrected chi connectivity index (χ3v) is 8.17. The fraction of sp³-hybridized carbons (Fsp3) is 0.533. The summed E-state index contributed by atoms with van der Waals surface area (Å²) in [7, 11) is 0. The van der Waals surface area contributed by atoms with Crippen LogP contribution in [0.4, 0.5) is 8.78 Å². The highest BCUT2D eigenvalue weighted by Crippen LogP contribution is 2.42. The largest absolute Gasteiger partial charge is 0.486 e. The molecule has 0 atom stereocenters. The van der Waals surface area contributed by atoms with E-state index in [1.165, 1.54) is 51.4 Å². The summed E-state index contributed by atoms with van der Waals surface area (Å²) < 4.78 is 34.6. The Bertz CT molecular complexity index is 963. The molecule has 0 aliphatic heterocycles. The summed E-state index contributed by atoms with van der Waals surface area (Å²) >= 11 is 0. The molecule has 0 saturated heterocycles. The molecule has 4 rings (SSSR count). The van der Waals surface area contributed by atoms with Gasteiger partial charge in [-0.3, -0.25) is 0 Å². The monoisotopic (exact) mass is 452 g/mol. The van der Waals surface area contributed by atoms with Crippen LogP contribution in [0.2, 0.25) is 0 Å². The molecule has 2 fully saturated rings. The molecule has 33 heavy (non-hydrogen) atoms. The van der Waals surface area contributed by atoms with Crippen molar-refractivity contribution in [3.63, 3.8) is 0 Å². The molecule has 0 unspecified atom stereocenters. The van der Waals surface area contributed by atoms with Crippen LogP contribution in [0.5, 0.6) is 5.75 Å². The topological polar surface area (TPSA) is 9.23 Å². The second-order valence-electron chi connectivity index (χ2n) is 10.2. The van der Waals surface area contributed by atoms with E-state index in [1.807, 2.05) is 25.1 Å². The van der Waals surface area contributed by atoms with Crippen molar-refractivity contribution in [2.45, 2.75) is 71.1 Å². The zero-order chi connectivity index (χ0) is 23.2. The van der Waals surface area contributed by atoms with Gasteiger partial charge in [0.05, 0.1) is 0 Å². The van der Waals surface area contributed by atoms with E-state index in [4.69, 9.17) is 4.74 Å². The Hall–Kier alpha value is -2.16. The van der Waals surface area contributed by atoms with E-state index in [0.29, 0.717) is 10.8 Å². The van der Waals surface area contributed by atoms with Gasteiger partial charge in [0.2, 0.25) is 5.82 Å². The summed E-state index contributed by atoms with van der Waals surface area (Å²) in [5.74, 6) is 1.60. The highest BCUT2D eigenvalue weighted by Gasteiger charge is 2.30. The van der Waals surface area contributed by atoms with Gasteiger partial charge in [-0.2, -0.15) is 4.39 Å². The van der Waals surface area contributed by atoms with E-state index < -0.39 is 11.6 Å². The van der Waals surface area contributed by atoms with Gasteiger partial charge >= 0.3 is 0 Å². The molecule has 0 bridgehead atoms. The Morgan fingerprint density at radius 3 is 2.30 bits per heavy atom. The first-order valence-corrected chi connectivity index (χ1v) is 12.9. The molecule has 0 amide bonds. The standard InChI is InChI=1S/C30H38F2O/c1-3-5-18-33-28-20-26-17-12-23(19-27(26)29(31)30(28)32)7-6-22-10-15-25(16-11-22)24-13-8-21(4-2)9-14-24/h3-5,12,17,19-22,24-25H,2,6-11,13-16,18H2,1H3. The van der Waals surface area contributed by atoms with Crippen LogP contribution in [0.3, 0.4) is 0 Å². The summed E-state index contributed by atoms with van der Waals surface area (Å²) in [6.45, 7) is 6.07. The van der Waals surface area contributed by atoms with Crippen molar-refractivity contribution in [3.8, 4) is 5.75 Å². The predicted molar refractivity (Wildman–Crippen MR) is 134 cm³/mol. The first-order chi connectivity index (χ1) is 16.1. The molecule has 0 aromatic heterocycles. The van der Waals surface area contributed by atoms with Crippen LogP contribution in [0.25, 0.3) is 10.8 Å². The Balaban J connectivity index is 1.31. The third kappa shape index (κ3) is 5.86. The Labute approximate surface area is 197 Å². The summed E-state index contributed by atoms with van der Waals surface area (Å²) in [6.07, 6.45) is 18.6. The molecule has 3 heteroatoms. The van der Waals surface area contributed by atoms with E-state index in [-0.39, 0.29) is 12.4 Å². The number of allylic oxidation sites excluding steroid dienone is 2. The normalized spacial score (nSPS) is 26.0. The zero-order valence-electron chi connectivity index (χ0n) is 20.0. The summed E-state index contributed by atoms with van der Waals surface area (Å²) in [6, 6.07) is 7.38. The molecule has 0 spiro atoms. The fourth-order valence-electron chi connectivity index (χ4n) is 6.02. The van der Waals surface area contributed by atoms with Crippen LogP contribution in [0.15, 0.2) is 49.1 Å². The number of hydrogen-bond donors (Lipinski definition) is 0. The molecule has 1 nitrogen and oxygen atoms in total. The maximum Gasteiger partial charge on any atom is 0.201 e. The number of rotatable bonds is 8. The molecule has 2 aromatic rings. The smallest absolute Gasteiger partial charge is 0.201 e. The van der Waals surface area contributed by atoms with Crippen LogP contribution in [0, 0.1) is 35.3 Å². The number of halogens is 2. The second-order valence-corrected chi connectivity index (χ2v) is 10.2. The molecular weight excluding hydrogens is 414 g/mol. The van der Waals surface area contributed by atoms with Crippen molar-refractivity contribution in [2.24, 2.45) is 23.7 Å². The van der Waals surface area contributed by atoms with Crippen molar-refractivity contribution in [1.29, 1.82) is 0 Å². The van der Waals surface area contributed by atoms with Gasteiger partial charge in [-0.25, -0.2) is 4.39 Å². The van der Waals surface area contributed by atoms with Crippen LogP contribution < -0.4 is 4.74 Å². The van der Waals surface area contributed by atoms with E-state index in [9.17, 15) is 8.78 Å². The van der Waals surface area contributed by atoms with Gasteiger partial charge in [-0.15, -0.1) is 6.58 Å². The quantitative estimate of drug-likeness (QED) is 0.364. The highest BCUT2D eigenvalue weighted by molar-refractivity contribution is 5.85. The minimum atomic E-state index is -0.899. The average molecular weight is 453 g/mol. The molecule has 178 valence electrons. The molecule has 2 aliphatic rings. The van der Waals surface area contributed by atoms with E-state index >= 15 is 0 Å². The number of aryl methyl sites for hydroxylation is 1. The molecule has 2 saturated carbocycles. The van der Waals surface area contributed by atoms with Gasteiger partial charge in [0.15, 0.2) is 11.6 Å². The molecule has 2 aromatic carbocycles. The lowest BCUT2D eigenvalue weighted by Gasteiger charge is -2.37. The van der Waals surface area contributed by atoms with Gasteiger partial charge in [-0.1, -0.05) is 43.2 Å². The molecule has 0 radical (unpaired) electrons. The zero-order valence-corrected chi connectivity index (χ0v) is 20.0. The van der Waals surface area contributed by atoms with Crippen molar-refractivity contribution >= 4 is 10.8 Å². The van der Waals surface area contributed by atoms with Gasteiger partial charge in [0, 0.05) is 5.39 Å². The Morgan fingerprint density at radius 2 is 1.64 bits per heavy atom. The van der Waals surface area contributed by atoms with Crippen LogP contribution in [0.1, 0.15) is 70.3 Å². The SMILES string of the molecule is C=CC1CCC(C2CCC(CCc3ccc4cc(OCC=CC)c(F)c(F)c4c3)CC2)CC1. The highest BCUT2D eigenvalue weighted by atomic mass is 19.2. The van der Waals surface area contributed by atoms with E-state index in [0.717, 1.165) is 42.1 Å². The fourth-order valence-corrected chi connectivity index (χ4v) is 6.02. The first kappa shape index (κ1) is 24.0. The molecule has 0 N–H and O–H groups in total. The van der Waals surface area contributed by atoms with Gasteiger partial charge in [-0.05, 0) is 105 Å². The number of benzene rings is 2. The van der Waals surface area contributed by atoms with Crippen LogP contribution in [-0.4, -0.2) is 6.61 Å². The summed E-state index contributed by atoms with van der Waals surface area (Å²) in [5, 5.41) is 1.03. The van der Waals surface area contributed by atoms with Crippen molar-refractivity contribution < 1.29 is 13.5 Å². The minimum absolute atomic E-state index is 0.0272. The predicted octanol–water partition coefficient (Wildman–Crippen LogP) is 8.80. The number of ether oxygens (including phenoxy) is 1. The van der Waals surface area contributed by atoms with Gasteiger partial charge in [0.1, 0.15) is 6.61 Å². The van der Waals surface area contributed by atoms with Crippen molar-refractivity contribution in [1.82, 2.24) is 0 Å². The number of hydrogen-bond acceptors (Lipinski definition) is 1. The number of fused-ring (bicyclic) bond motifs is 1. The summed E-state index contributed by atoms with van der Waals surface area (Å²) in [5.41, 5.74) is 1.09. The molecule has 0 heterocycles. The lowest BCUT2D eigenvalue weighted by atomic mass is 9.68. The van der Waals surface area contributed by atoms with Crippen LogP contribution >= 0.6 is 0 Å². The van der Waals surface area contributed by atoms with Crippen molar-refractivity contribution in [3.05, 3.63) is 66.3 Å². The van der Waals surface area contributed by atoms with Crippen LogP contribution in [-0.2, 0) is 6.42 Å². The lowest BCUT2D eigenvalue weighted by molar-refractivity contribution is 0.153. The first-order valence-electron chi connectivity index (χ1n) is 12.9. The maximum absolute atomic E-state index is 14.7. The van der Waals surface area contributed by atoms with Gasteiger partial charge < -0.3 is 4.74 Å². The Kier molecular flexibility index (Phi) is 8.22. The summed E-state index contributed by atoms with van der Waals surface area (Å²) in [4.78, 5) is 0. The second kappa shape index (κ2) is 11.3. The van der Waals surface area contributed by atoms with Crippen molar-refractivity contribution in [2.75, 3.05) is 6.61 Å². The average Bonchev–Trinajstić information content (AvgIpc) is 2.86. The van der Waals surface area contributed by atoms with E-state index in [1.54, 1.807) is 12.1 Å². The maximum atomic E-state index is 14.7. The molecular formula is C30H38F2O. The third-order valence-electron chi connectivity index (χ3n) is 8.17. The Morgan fingerprint density at radius 1 is 0.939 bits per heavy atom. The van der Waals surface area contributed by atoms with E-state index in [2.05, 4.69) is 18.7 Å².